The number of rotatable bonds is 2. The van der Waals surface area contributed by atoms with Gasteiger partial charge in [0.1, 0.15) is 11.5 Å². The third kappa shape index (κ3) is 3.55. The fourth-order valence-electron chi connectivity index (χ4n) is 1.39. The van der Waals surface area contributed by atoms with Gasteiger partial charge in [0.15, 0.2) is 0 Å². The summed E-state index contributed by atoms with van der Waals surface area (Å²) in [6, 6.07) is 8.99. The molecule has 0 bridgehead atoms. The highest BCUT2D eigenvalue weighted by Gasteiger charge is 2.30. The molecule has 0 aliphatic carbocycles. The van der Waals surface area contributed by atoms with Gasteiger partial charge in [0.05, 0.1) is 15.6 Å². The van der Waals surface area contributed by atoms with Crippen molar-refractivity contribution in [2.75, 3.05) is 0 Å². The highest BCUT2D eigenvalue weighted by Crippen LogP contribution is 2.32. The van der Waals surface area contributed by atoms with E-state index in [1.807, 2.05) is 0 Å². The molecule has 0 saturated heterocycles. The van der Waals surface area contributed by atoms with Gasteiger partial charge < -0.3 is 4.74 Å². The molecule has 6 heteroatoms. The Hall–Kier alpha value is -1.39. The van der Waals surface area contributed by atoms with Gasteiger partial charge in [-0.25, -0.2) is 0 Å². The molecule has 0 saturated carbocycles. The monoisotopic (exact) mass is 306 g/mol. The van der Waals surface area contributed by atoms with Crippen LogP contribution in [-0.2, 0) is 6.18 Å². The average Bonchev–Trinajstić information content (AvgIpc) is 2.33. The maximum atomic E-state index is 12.4. The minimum absolute atomic E-state index is 0.284. The van der Waals surface area contributed by atoms with E-state index in [1.54, 1.807) is 12.1 Å². The number of hydrogen-bond donors (Lipinski definition) is 0. The molecular weight excluding hydrogens is 300 g/mol. The van der Waals surface area contributed by atoms with Gasteiger partial charge in [-0.2, -0.15) is 13.2 Å². The van der Waals surface area contributed by atoms with E-state index in [9.17, 15) is 13.2 Å². The van der Waals surface area contributed by atoms with E-state index >= 15 is 0 Å². The van der Waals surface area contributed by atoms with Crippen molar-refractivity contribution >= 4 is 23.2 Å². The van der Waals surface area contributed by atoms with Crippen LogP contribution in [0.5, 0.6) is 11.5 Å². The largest absolute Gasteiger partial charge is 0.457 e. The first-order valence-corrected chi connectivity index (χ1v) is 5.92. The summed E-state index contributed by atoms with van der Waals surface area (Å²) in [5.41, 5.74) is -0.728. The highest BCUT2D eigenvalue weighted by atomic mass is 35.5. The van der Waals surface area contributed by atoms with Gasteiger partial charge in [-0.1, -0.05) is 23.2 Å². The Morgan fingerprint density at radius 2 is 1.37 bits per heavy atom. The summed E-state index contributed by atoms with van der Waals surface area (Å²) in [6.07, 6.45) is -4.36. The third-order valence-corrected chi connectivity index (χ3v) is 3.05. The number of alkyl halides is 3. The Bertz CT molecular complexity index is 579. The standard InChI is InChI=1S/C13H7Cl2F3O/c14-11-6-5-10(7-12(11)15)19-9-3-1-8(2-4-9)13(16,17)18/h1-7H. The van der Waals surface area contributed by atoms with E-state index in [2.05, 4.69) is 0 Å². The molecular formula is C13H7Cl2F3O. The lowest BCUT2D eigenvalue weighted by molar-refractivity contribution is -0.137. The summed E-state index contributed by atoms with van der Waals surface area (Å²) in [6.45, 7) is 0. The summed E-state index contributed by atoms with van der Waals surface area (Å²) in [5.74, 6) is 0.681. The molecule has 0 N–H and O–H groups in total. The molecule has 1 nitrogen and oxygen atoms in total. The molecule has 0 heterocycles. The van der Waals surface area contributed by atoms with Gasteiger partial charge in [-0.15, -0.1) is 0 Å². The number of halogens is 5. The van der Waals surface area contributed by atoms with Gasteiger partial charge in [0, 0.05) is 6.07 Å². The molecule has 0 atom stereocenters. The molecule has 0 aliphatic heterocycles. The Balaban J connectivity index is 2.17. The van der Waals surface area contributed by atoms with Gasteiger partial charge in [0.2, 0.25) is 0 Å². The van der Waals surface area contributed by atoms with Crippen LogP contribution in [0.3, 0.4) is 0 Å². The topological polar surface area (TPSA) is 9.23 Å². The van der Waals surface area contributed by atoms with Crippen molar-refractivity contribution in [3.05, 3.63) is 58.1 Å². The summed E-state index contributed by atoms with van der Waals surface area (Å²) >= 11 is 11.5. The lowest BCUT2D eigenvalue weighted by Gasteiger charge is -2.09. The van der Waals surface area contributed by atoms with Crippen LogP contribution in [0.2, 0.25) is 10.0 Å². The maximum Gasteiger partial charge on any atom is 0.416 e. The normalized spacial score (nSPS) is 11.4. The lowest BCUT2D eigenvalue weighted by atomic mass is 10.2. The van der Waals surface area contributed by atoms with Crippen molar-refractivity contribution in [3.8, 4) is 11.5 Å². The summed E-state index contributed by atoms with van der Waals surface area (Å²) in [4.78, 5) is 0. The fourth-order valence-corrected chi connectivity index (χ4v) is 1.68. The summed E-state index contributed by atoms with van der Waals surface area (Å²) < 4.78 is 42.5. The van der Waals surface area contributed by atoms with Gasteiger partial charge in [-0.05, 0) is 36.4 Å². The zero-order valence-electron chi connectivity index (χ0n) is 9.34. The first-order chi connectivity index (χ1) is 8.86. The van der Waals surface area contributed by atoms with Crippen LogP contribution >= 0.6 is 23.2 Å². The van der Waals surface area contributed by atoms with Crippen LogP contribution in [0.4, 0.5) is 13.2 Å². The molecule has 0 aliphatic rings. The molecule has 2 aromatic carbocycles. The minimum atomic E-state index is -4.36. The summed E-state index contributed by atoms with van der Waals surface area (Å²) in [5, 5.41) is 0.688. The zero-order valence-corrected chi connectivity index (χ0v) is 10.9. The predicted octanol–water partition coefficient (Wildman–Crippen LogP) is 5.80. The smallest absolute Gasteiger partial charge is 0.416 e. The maximum absolute atomic E-state index is 12.4. The predicted molar refractivity (Wildman–Crippen MR) is 68.0 cm³/mol. The first-order valence-electron chi connectivity index (χ1n) is 5.16. The van der Waals surface area contributed by atoms with Crippen molar-refractivity contribution in [1.82, 2.24) is 0 Å². The molecule has 2 rings (SSSR count). The quantitative estimate of drug-likeness (QED) is 0.681. The van der Waals surface area contributed by atoms with Crippen LogP contribution in [0.1, 0.15) is 5.56 Å². The minimum Gasteiger partial charge on any atom is -0.457 e. The highest BCUT2D eigenvalue weighted by molar-refractivity contribution is 6.42. The Morgan fingerprint density at radius 3 is 1.89 bits per heavy atom. The van der Waals surface area contributed by atoms with Crippen molar-refractivity contribution in [2.24, 2.45) is 0 Å². The number of ether oxygens (including phenoxy) is 1. The first kappa shape index (κ1) is 14.0. The number of hydrogen-bond acceptors (Lipinski definition) is 1. The third-order valence-electron chi connectivity index (χ3n) is 2.31. The lowest BCUT2D eigenvalue weighted by Crippen LogP contribution is -2.03. The average molecular weight is 307 g/mol. The van der Waals surface area contributed by atoms with Gasteiger partial charge >= 0.3 is 6.18 Å². The molecule has 100 valence electrons. The molecule has 0 unspecified atom stereocenters. The van der Waals surface area contributed by atoms with Crippen LogP contribution in [0.15, 0.2) is 42.5 Å². The van der Waals surface area contributed by atoms with E-state index in [0.717, 1.165) is 12.1 Å². The van der Waals surface area contributed by atoms with E-state index < -0.39 is 11.7 Å². The van der Waals surface area contributed by atoms with E-state index in [1.165, 1.54) is 18.2 Å². The van der Waals surface area contributed by atoms with Crippen molar-refractivity contribution in [3.63, 3.8) is 0 Å². The second-order valence-corrected chi connectivity index (χ2v) is 4.51. The van der Waals surface area contributed by atoms with E-state index in [-0.39, 0.29) is 5.75 Å². The Kier molecular flexibility index (Phi) is 3.92. The van der Waals surface area contributed by atoms with Crippen molar-refractivity contribution in [2.45, 2.75) is 6.18 Å². The second kappa shape index (κ2) is 5.31. The van der Waals surface area contributed by atoms with Crippen LogP contribution in [0.25, 0.3) is 0 Å². The van der Waals surface area contributed by atoms with Crippen molar-refractivity contribution < 1.29 is 17.9 Å². The molecule has 0 fully saturated rings. The SMILES string of the molecule is FC(F)(F)c1ccc(Oc2ccc(Cl)c(Cl)c2)cc1. The molecule has 0 aromatic heterocycles. The number of benzene rings is 2. The van der Waals surface area contributed by atoms with Crippen LogP contribution < -0.4 is 4.74 Å². The van der Waals surface area contributed by atoms with Gasteiger partial charge in [0.25, 0.3) is 0 Å². The van der Waals surface area contributed by atoms with Crippen LogP contribution in [0, 0.1) is 0 Å². The van der Waals surface area contributed by atoms with Crippen molar-refractivity contribution in [1.29, 1.82) is 0 Å². The molecule has 0 spiro atoms. The van der Waals surface area contributed by atoms with E-state index in [4.69, 9.17) is 27.9 Å². The Labute approximate surface area is 117 Å². The molecule has 0 amide bonds. The molecule has 2 aromatic rings. The summed E-state index contributed by atoms with van der Waals surface area (Å²) in [7, 11) is 0. The zero-order chi connectivity index (χ0) is 14.0. The second-order valence-electron chi connectivity index (χ2n) is 3.70. The van der Waals surface area contributed by atoms with Crippen LogP contribution in [-0.4, -0.2) is 0 Å². The van der Waals surface area contributed by atoms with E-state index in [0.29, 0.717) is 15.8 Å². The Morgan fingerprint density at radius 1 is 0.789 bits per heavy atom. The fraction of sp³-hybridized carbons (Fsp3) is 0.0769. The molecule has 0 radical (unpaired) electrons. The molecule has 19 heavy (non-hydrogen) atoms. The van der Waals surface area contributed by atoms with Gasteiger partial charge in [-0.3, -0.25) is 0 Å².